The predicted octanol–water partition coefficient (Wildman–Crippen LogP) is 2.58. The molecule has 0 atom stereocenters. The number of carbonyl (C=O) groups is 2. The van der Waals surface area contributed by atoms with E-state index in [1.54, 1.807) is 6.07 Å². The quantitative estimate of drug-likeness (QED) is 0.707. The largest absolute Gasteiger partial charge is 0.491 e. The highest BCUT2D eigenvalue weighted by Gasteiger charge is 2.11. The number of carbonyl (C=O) groups excluding carboxylic acids is 2. The van der Waals surface area contributed by atoms with E-state index in [0.29, 0.717) is 17.8 Å². The molecular weight excluding hydrogens is 376 g/mol. The van der Waals surface area contributed by atoms with Crippen molar-refractivity contribution in [3.05, 3.63) is 51.9 Å². The lowest BCUT2D eigenvalue weighted by Crippen LogP contribution is -2.38. The molecule has 0 aliphatic carbocycles. The fourth-order valence-electron chi connectivity index (χ4n) is 2.12. The first-order valence-corrected chi connectivity index (χ1v) is 8.26. The topological polar surface area (TPSA) is 80.6 Å². The molecule has 0 aliphatic heterocycles. The zero-order valence-corrected chi connectivity index (χ0v) is 15.1. The molecule has 0 bridgehead atoms. The number of hydrogen-bond acceptors (Lipinski definition) is 4. The zero-order valence-electron chi connectivity index (χ0n) is 13.5. The zero-order chi connectivity index (χ0) is 17.5. The lowest BCUT2D eigenvalue weighted by atomic mass is 10.1. The minimum atomic E-state index is -0.442. The fourth-order valence-corrected chi connectivity index (χ4v) is 2.42. The molecule has 0 fully saturated rings. The Morgan fingerprint density at radius 1 is 1.12 bits per heavy atom. The van der Waals surface area contributed by atoms with Gasteiger partial charge in [0.25, 0.3) is 5.91 Å². The molecule has 0 saturated carbocycles. The molecule has 6 nitrogen and oxygen atoms in total. The molecule has 0 unspecified atom stereocenters. The average molecular weight is 395 g/mol. The Hall–Kier alpha value is -2.28. The van der Waals surface area contributed by atoms with E-state index in [1.165, 1.54) is 6.07 Å². The Morgan fingerprint density at radius 3 is 2.46 bits per heavy atom. The van der Waals surface area contributed by atoms with Crippen LogP contribution in [0.25, 0.3) is 0 Å². The van der Waals surface area contributed by atoms with Crippen LogP contribution in [0.5, 0.6) is 5.75 Å². The van der Waals surface area contributed by atoms with Crippen LogP contribution in [-0.4, -0.2) is 31.5 Å². The molecule has 2 N–H and O–H groups in total. The van der Waals surface area contributed by atoms with E-state index in [2.05, 4.69) is 26.6 Å². The highest BCUT2D eigenvalue weighted by Crippen LogP contribution is 2.21. The van der Waals surface area contributed by atoms with Crippen LogP contribution >= 0.6 is 15.9 Å². The third-order valence-corrected chi connectivity index (χ3v) is 3.71. The van der Waals surface area contributed by atoms with E-state index in [4.69, 9.17) is 9.15 Å². The smallest absolute Gasteiger partial charge is 0.287 e. The Kier molecular flexibility index (Phi) is 6.43. The summed E-state index contributed by atoms with van der Waals surface area (Å²) >= 11 is 3.11. The SMILES string of the molecule is Cc1cccc(C)c1OCCNC(=O)CNC(=O)c1ccc(Br)o1. The van der Waals surface area contributed by atoms with Gasteiger partial charge in [-0.3, -0.25) is 9.59 Å². The van der Waals surface area contributed by atoms with Crippen LogP contribution in [0.2, 0.25) is 0 Å². The molecule has 0 aliphatic rings. The number of amides is 2. The fraction of sp³-hybridized carbons (Fsp3) is 0.294. The second-order valence-electron chi connectivity index (χ2n) is 5.21. The monoisotopic (exact) mass is 394 g/mol. The molecule has 1 aromatic carbocycles. The number of para-hydroxylation sites is 1. The summed E-state index contributed by atoms with van der Waals surface area (Å²) in [6, 6.07) is 9.06. The van der Waals surface area contributed by atoms with Gasteiger partial charge >= 0.3 is 0 Å². The minimum absolute atomic E-state index is 0.124. The van der Waals surface area contributed by atoms with Crippen molar-refractivity contribution in [1.82, 2.24) is 10.6 Å². The molecule has 0 spiro atoms. The highest BCUT2D eigenvalue weighted by atomic mass is 79.9. The van der Waals surface area contributed by atoms with E-state index >= 15 is 0 Å². The molecule has 1 heterocycles. The van der Waals surface area contributed by atoms with Crippen molar-refractivity contribution in [3.8, 4) is 5.75 Å². The van der Waals surface area contributed by atoms with Crippen molar-refractivity contribution in [3.63, 3.8) is 0 Å². The molecule has 1 aromatic heterocycles. The van der Waals surface area contributed by atoms with E-state index in [1.807, 2.05) is 32.0 Å². The van der Waals surface area contributed by atoms with Gasteiger partial charge in [-0.1, -0.05) is 18.2 Å². The van der Waals surface area contributed by atoms with Crippen molar-refractivity contribution in [2.24, 2.45) is 0 Å². The highest BCUT2D eigenvalue weighted by molar-refractivity contribution is 9.10. The van der Waals surface area contributed by atoms with Gasteiger partial charge < -0.3 is 19.8 Å². The summed E-state index contributed by atoms with van der Waals surface area (Å²) in [5.74, 6) is 0.248. The maximum Gasteiger partial charge on any atom is 0.287 e. The lowest BCUT2D eigenvalue weighted by Gasteiger charge is -2.12. The predicted molar refractivity (Wildman–Crippen MR) is 93.2 cm³/mol. The van der Waals surface area contributed by atoms with Gasteiger partial charge in [0.15, 0.2) is 10.4 Å². The van der Waals surface area contributed by atoms with E-state index < -0.39 is 5.91 Å². The molecule has 2 rings (SSSR count). The molecule has 128 valence electrons. The van der Waals surface area contributed by atoms with Crippen molar-refractivity contribution in [2.45, 2.75) is 13.8 Å². The van der Waals surface area contributed by atoms with Gasteiger partial charge in [-0.25, -0.2) is 0 Å². The van der Waals surface area contributed by atoms with Crippen molar-refractivity contribution >= 4 is 27.7 Å². The molecule has 2 amide bonds. The van der Waals surface area contributed by atoms with E-state index in [-0.39, 0.29) is 18.2 Å². The summed E-state index contributed by atoms with van der Waals surface area (Å²) in [5, 5.41) is 5.17. The van der Waals surface area contributed by atoms with Crippen molar-refractivity contribution < 1.29 is 18.7 Å². The van der Waals surface area contributed by atoms with Gasteiger partial charge in [0, 0.05) is 0 Å². The first-order valence-electron chi connectivity index (χ1n) is 7.46. The van der Waals surface area contributed by atoms with Crippen LogP contribution in [0.1, 0.15) is 21.7 Å². The molecule has 24 heavy (non-hydrogen) atoms. The third-order valence-electron chi connectivity index (χ3n) is 3.29. The molecule has 0 saturated heterocycles. The molecule has 0 radical (unpaired) electrons. The number of aryl methyl sites for hydroxylation is 2. The number of halogens is 1. The number of nitrogens with one attached hydrogen (secondary N) is 2. The van der Waals surface area contributed by atoms with Gasteiger partial charge in [0.1, 0.15) is 12.4 Å². The first-order chi connectivity index (χ1) is 11.5. The number of ether oxygens (including phenoxy) is 1. The molecule has 2 aromatic rings. The van der Waals surface area contributed by atoms with Crippen molar-refractivity contribution in [2.75, 3.05) is 19.7 Å². The van der Waals surface area contributed by atoms with Crippen LogP contribution in [-0.2, 0) is 4.79 Å². The van der Waals surface area contributed by atoms with Crippen LogP contribution in [0.15, 0.2) is 39.4 Å². The maximum absolute atomic E-state index is 11.7. The van der Waals surface area contributed by atoms with Gasteiger partial charge in [-0.15, -0.1) is 0 Å². The van der Waals surface area contributed by atoms with Crippen LogP contribution in [0, 0.1) is 13.8 Å². The summed E-state index contributed by atoms with van der Waals surface area (Å²) in [6.07, 6.45) is 0. The summed E-state index contributed by atoms with van der Waals surface area (Å²) in [6.45, 7) is 4.54. The van der Waals surface area contributed by atoms with Gasteiger partial charge in [-0.05, 0) is 53.0 Å². The lowest BCUT2D eigenvalue weighted by molar-refractivity contribution is -0.120. The minimum Gasteiger partial charge on any atom is -0.491 e. The number of benzene rings is 1. The number of furan rings is 1. The van der Waals surface area contributed by atoms with E-state index in [9.17, 15) is 9.59 Å². The van der Waals surface area contributed by atoms with Crippen LogP contribution in [0.4, 0.5) is 0 Å². The Morgan fingerprint density at radius 2 is 1.83 bits per heavy atom. The Bertz CT molecular complexity index is 707. The van der Waals surface area contributed by atoms with Crippen molar-refractivity contribution in [1.29, 1.82) is 0 Å². The normalized spacial score (nSPS) is 10.3. The third kappa shape index (κ3) is 5.13. The summed E-state index contributed by atoms with van der Waals surface area (Å²) < 4.78 is 11.3. The Labute approximate surface area is 148 Å². The molecule has 7 heteroatoms. The average Bonchev–Trinajstić information content (AvgIpc) is 2.98. The standard InChI is InChI=1S/C17H19BrN2O4/c1-11-4-3-5-12(2)16(11)23-9-8-19-15(21)10-20-17(22)13-6-7-14(18)24-13/h3-7H,8-10H2,1-2H3,(H,19,21)(H,20,22). The number of hydrogen-bond donors (Lipinski definition) is 2. The Balaban J connectivity index is 1.67. The summed E-state index contributed by atoms with van der Waals surface area (Å²) in [4.78, 5) is 23.4. The van der Waals surface area contributed by atoms with Gasteiger partial charge in [-0.2, -0.15) is 0 Å². The second kappa shape index (κ2) is 8.54. The van der Waals surface area contributed by atoms with Gasteiger partial charge in [0.05, 0.1) is 13.1 Å². The number of rotatable bonds is 7. The maximum atomic E-state index is 11.7. The summed E-state index contributed by atoms with van der Waals surface area (Å²) in [5.41, 5.74) is 2.11. The van der Waals surface area contributed by atoms with Crippen LogP contribution < -0.4 is 15.4 Å². The summed E-state index contributed by atoms with van der Waals surface area (Å²) in [7, 11) is 0. The second-order valence-corrected chi connectivity index (χ2v) is 5.99. The van der Waals surface area contributed by atoms with Crippen LogP contribution in [0.3, 0.4) is 0 Å². The van der Waals surface area contributed by atoms with E-state index in [0.717, 1.165) is 16.9 Å². The molecular formula is C17H19BrN2O4. The first kappa shape index (κ1) is 18.1. The van der Waals surface area contributed by atoms with Gasteiger partial charge in [0.2, 0.25) is 5.91 Å².